The minimum atomic E-state index is -0.720. The van der Waals surface area contributed by atoms with Crippen molar-refractivity contribution in [3.05, 3.63) is 59.2 Å². The molecule has 0 bridgehead atoms. The normalized spacial score (nSPS) is 18.0. The van der Waals surface area contributed by atoms with E-state index in [0.29, 0.717) is 31.5 Å². The lowest BCUT2D eigenvalue weighted by molar-refractivity contribution is -0.128. The van der Waals surface area contributed by atoms with Crippen LogP contribution in [0.2, 0.25) is 0 Å². The van der Waals surface area contributed by atoms with E-state index >= 15 is 0 Å². The van der Waals surface area contributed by atoms with Gasteiger partial charge in [-0.15, -0.1) is 0 Å². The average Bonchev–Trinajstić information content (AvgIpc) is 3.23. The molecule has 3 amide bonds. The number of hydrogen-bond acceptors (Lipinski definition) is 5. The molecule has 8 nitrogen and oxygen atoms in total. The third kappa shape index (κ3) is 5.85. The zero-order valence-electron chi connectivity index (χ0n) is 21.0. The van der Waals surface area contributed by atoms with Gasteiger partial charge in [0.1, 0.15) is 17.7 Å². The maximum absolute atomic E-state index is 13.1. The van der Waals surface area contributed by atoms with Gasteiger partial charge in [-0.2, -0.15) is 5.26 Å². The van der Waals surface area contributed by atoms with E-state index in [2.05, 4.69) is 16.7 Å². The maximum atomic E-state index is 13.1. The number of fused-ring (bicyclic) bond motifs is 1. The second-order valence-electron chi connectivity index (χ2n) is 10.3. The summed E-state index contributed by atoms with van der Waals surface area (Å²) >= 11 is 0. The van der Waals surface area contributed by atoms with Crippen LogP contribution in [0.15, 0.2) is 42.5 Å². The van der Waals surface area contributed by atoms with Crippen LogP contribution in [0.1, 0.15) is 61.5 Å². The highest BCUT2D eigenvalue weighted by atomic mass is 16.6. The third-order valence-corrected chi connectivity index (χ3v) is 6.42. The molecule has 0 aromatic heterocycles. The Balaban J connectivity index is 1.39. The van der Waals surface area contributed by atoms with Gasteiger partial charge < -0.3 is 15.4 Å². The molecule has 2 aliphatic rings. The quantitative estimate of drug-likeness (QED) is 0.662. The standard InChI is InChI=1S/C28H32N4O4/c1-28(2,3)36-27(35)32-13-5-4-6-24(32)26(34)31-22(16-29)14-18-7-9-19(10-8-18)20-11-12-23-21(15-20)17-30-25(23)33/h7-12,15,22,24H,4-6,13-14,17H2,1-3H3,(H,30,33)(H,31,34)/t22-,24-/m0/s1. The van der Waals surface area contributed by atoms with Crippen LogP contribution in [0.4, 0.5) is 4.79 Å². The lowest BCUT2D eigenvalue weighted by Crippen LogP contribution is -2.54. The highest BCUT2D eigenvalue weighted by molar-refractivity contribution is 5.98. The first-order valence-electron chi connectivity index (χ1n) is 12.3. The fraction of sp³-hybridized carbons (Fsp3) is 0.429. The number of carbonyl (C=O) groups is 3. The first-order valence-corrected chi connectivity index (χ1v) is 12.3. The van der Waals surface area contributed by atoms with Crippen molar-refractivity contribution in [2.24, 2.45) is 0 Å². The summed E-state index contributed by atoms with van der Waals surface area (Å²) < 4.78 is 5.48. The third-order valence-electron chi connectivity index (χ3n) is 6.42. The van der Waals surface area contributed by atoms with Crippen LogP contribution in [0, 0.1) is 11.3 Å². The Morgan fingerprint density at radius 1 is 1.17 bits per heavy atom. The summed E-state index contributed by atoms with van der Waals surface area (Å²) in [6.45, 7) is 6.38. The lowest BCUT2D eigenvalue weighted by atomic mass is 9.97. The fourth-order valence-corrected chi connectivity index (χ4v) is 4.62. The van der Waals surface area contributed by atoms with E-state index in [9.17, 15) is 19.6 Å². The number of likely N-dealkylation sites (tertiary alicyclic amines) is 1. The molecule has 2 heterocycles. The predicted octanol–water partition coefficient (Wildman–Crippen LogP) is 3.94. The van der Waals surface area contributed by atoms with Crippen molar-refractivity contribution >= 4 is 17.9 Å². The number of nitrogens with one attached hydrogen (secondary N) is 2. The summed E-state index contributed by atoms with van der Waals surface area (Å²) in [4.78, 5) is 39.0. The first kappa shape index (κ1) is 25.2. The fourth-order valence-electron chi connectivity index (χ4n) is 4.62. The summed E-state index contributed by atoms with van der Waals surface area (Å²) in [5.74, 6) is -0.371. The van der Waals surface area contributed by atoms with Crippen molar-refractivity contribution in [2.45, 2.75) is 70.7 Å². The second kappa shape index (κ2) is 10.4. The Bertz CT molecular complexity index is 1190. The van der Waals surface area contributed by atoms with E-state index in [1.165, 1.54) is 4.90 Å². The van der Waals surface area contributed by atoms with Gasteiger partial charge in [0.25, 0.3) is 5.91 Å². The molecule has 8 heteroatoms. The molecular formula is C28H32N4O4. The molecule has 2 aromatic carbocycles. The topological polar surface area (TPSA) is 112 Å². The molecule has 1 fully saturated rings. The highest BCUT2D eigenvalue weighted by Gasteiger charge is 2.35. The van der Waals surface area contributed by atoms with Crippen molar-refractivity contribution in [2.75, 3.05) is 6.54 Å². The van der Waals surface area contributed by atoms with Crippen molar-refractivity contribution < 1.29 is 19.1 Å². The average molecular weight is 489 g/mol. The maximum Gasteiger partial charge on any atom is 0.410 e. The Morgan fingerprint density at radius 2 is 1.89 bits per heavy atom. The predicted molar refractivity (Wildman–Crippen MR) is 135 cm³/mol. The summed E-state index contributed by atoms with van der Waals surface area (Å²) in [5, 5.41) is 15.4. The Hall–Kier alpha value is -3.86. The van der Waals surface area contributed by atoms with Gasteiger partial charge in [0.15, 0.2) is 0 Å². The minimum absolute atomic E-state index is 0.0427. The van der Waals surface area contributed by atoms with Crippen LogP contribution >= 0.6 is 0 Å². The number of ether oxygens (including phenoxy) is 1. The van der Waals surface area contributed by atoms with Crippen LogP contribution in [0.3, 0.4) is 0 Å². The Kier molecular flexibility index (Phi) is 7.30. The van der Waals surface area contributed by atoms with E-state index in [0.717, 1.165) is 35.1 Å². The zero-order valence-corrected chi connectivity index (χ0v) is 21.0. The van der Waals surface area contributed by atoms with Gasteiger partial charge in [-0.25, -0.2) is 4.79 Å². The van der Waals surface area contributed by atoms with Crippen molar-refractivity contribution in [3.8, 4) is 17.2 Å². The van der Waals surface area contributed by atoms with Crippen LogP contribution in [-0.4, -0.2) is 47.0 Å². The number of nitrogens with zero attached hydrogens (tertiary/aromatic N) is 2. The minimum Gasteiger partial charge on any atom is -0.444 e. The molecule has 0 unspecified atom stereocenters. The number of piperidine rings is 1. The van der Waals surface area contributed by atoms with Crippen molar-refractivity contribution in [1.82, 2.24) is 15.5 Å². The van der Waals surface area contributed by atoms with E-state index in [1.807, 2.05) is 42.5 Å². The van der Waals surface area contributed by atoms with Gasteiger partial charge >= 0.3 is 6.09 Å². The number of hydrogen-bond donors (Lipinski definition) is 2. The van der Waals surface area contributed by atoms with E-state index in [1.54, 1.807) is 20.8 Å². The Labute approximate surface area is 211 Å². The molecule has 0 saturated carbocycles. The molecule has 2 N–H and O–H groups in total. The number of carbonyl (C=O) groups excluding carboxylic acids is 3. The largest absolute Gasteiger partial charge is 0.444 e. The summed E-state index contributed by atoms with van der Waals surface area (Å²) in [6.07, 6.45) is 2.04. The monoisotopic (exact) mass is 488 g/mol. The smallest absolute Gasteiger partial charge is 0.410 e. The molecule has 2 aliphatic heterocycles. The van der Waals surface area contributed by atoms with Gasteiger partial charge in [0.2, 0.25) is 5.91 Å². The molecule has 0 aliphatic carbocycles. The Morgan fingerprint density at radius 3 is 2.58 bits per heavy atom. The van der Waals surface area contributed by atoms with Gasteiger partial charge in [0, 0.05) is 25.1 Å². The lowest BCUT2D eigenvalue weighted by Gasteiger charge is -2.36. The molecule has 0 radical (unpaired) electrons. The SMILES string of the molecule is CC(C)(C)OC(=O)N1CCCC[C@H]1C(=O)N[C@H](C#N)Cc1ccc(-c2ccc3c(c2)CNC3=O)cc1. The number of rotatable bonds is 5. The molecule has 1 saturated heterocycles. The molecule has 0 spiro atoms. The van der Waals surface area contributed by atoms with Crippen LogP contribution in [0.5, 0.6) is 0 Å². The number of benzene rings is 2. The van der Waals surface area contributed by atoms with E-state index in [-0.39, 0.29) is 11.8 Å². The zero-order chi connectivity index (χ0) is 25.9. The molecule has 36 heavy (non-hydrogen) atoms. The van der Waals surface area contributed by atoms with E-state index in [4.69, 9.17) is 4.74 Å². The van der Waals surface area contributed by atoms with Gasteiger partial charge in [-0.1, -0.05) is 30.3 Å². The number of nitriles is 1. The van der Waals surface area contributed by atoms with E-state index < -0.39 is 23.8 Å². The summed E-state index contributed by atoms with van der Waals surface area (Å²) in [7, 11) is 0. The van der Waals surface area contributed by atoms with Crippen LogP contribution in [-0.2, 0) is 22.5 Å². The molecule has 188 valence electrons. The highest BCUT2D eigenvalue weighted by Crippen LogP contribution is 2.26. The van der Waals surface area contributed by atoms with Gasteiger partial charge in [-0.05, 0) is 74.4 Å². The molecule has 2 aromatic rings. The molecule has 4 rings (SSSR count). The van der Waals surface area contributed by atoms with Crippen LogP contribution in [0.25, 0.3) is 11.1 Å². The summed E-state index contributed by atoms with van der Waals surface area (Å²) in [5.41, 5.74) is 3.99. The first-order chi connectivity index (χ1) is 17.1. The second-order valence-corrected chi connectivity index (χ2v) is 10.3. The number of amides is 3. The van der Waals surface area contributed by atoms with Gasteiger partial charge in [-0.3, -0.25) is 14.5 Å². The molecular weight excluding hydrogens is 456 g/mol. The molecule has 2 atom stereocenters. The van der Waals surface area contributed by atoms with Crippen molar-refractivity contribution in [1.29, 1.82) is 5.26 Å². The van der Waals surface area contributed by atoms with Crippen LogP contribution < -0.4 is 10.6 Å². The summed E-state index contributed by atoms with van der Waals surface area (Å²) in [6, 6.07) is 14.4. The van der Waals surface area contributed by atoms with Crippen molar-refractivity contribution in [3.63, 3.8) is 0 Å². The van der Waals surface area contributed by atoms with Gasteiger partial charge in [0.05, 0.1) is 6.07 Å².